The molecular weight excluding hydrogens is 342 g/mol. The van der Waals surface area contributed by atoms with Gasteiger partial charge in [0.1, 0.15) is 12.1 Å². The van der Waals surface area contributed by atoms with Crippen LogP contribution in [0.3, 0.4) is 0 Å². The van der Waals surface area contributed by atoms with E-state index in [1.807, 2.05) is 24.3 Å². The quantitative estimate of drug-likeness (QED) is 0.640. The van der Waals surface area contributed by atoms with E-state index in [9.17, 15) is 0 Å². The number of halogens is 1. The van der Waals surface area contributed by atoms with Crippen molar-refractivity contribution in [3.05, 3.63) is 89.2 Å². The monoisotopic (exact) mass is 359 g/mol. The van der Waals surface area contributed by atoms with Crippen molar-refractivity contribution in [1.82, 2.24) is 9.97 Å². The van der Waals surface area contributed by atoms with E-state index in [0.717, 1.165) is 45.5 Å². The topological polar surface area (TPSA) is 51.8 Å². The van der Waals surface area contributed by atoms with E-state index in [0.29, 0.717) is 5.82 Å². The maximum Gasteiger partial charge on any atom is 0.134 e. The molecular formula is C22H18ClN3. The van der Waals surface area contributed by atoms with Crippen molar-refractivity contribution < 1.29 is 0 Å². The predicted octanol–water partition coefficient (Wildman–Crippen LogP) is 5.68. The van der Waals surface area contributed by atoms with E-state index >= 15 is 0 Å². The van der Waals surface area contributed by atoms with Gasteiger partial charge >= 0.3 is 0 Å². The van der Waals surface area contributed by atoms with Crippen LogP contribution >= 0.6 is 11.6 Å². The van der Waals surface area contributed by atoms with E-state index in [1.54, 1.807) is 0 Å². The van der Waals surface area contributed by atoms with Crippen molar-refractivity contribution in [1.29, 1.82) is 0 Å². The fourth-order valence-electron chi connectivity index (χ4n) is 3.21. The molecule has 0 saturated carbocycles. The second-order valence-corrected chi connectivity index (χ2v) is 6.64. The molecule has 0 amide bonds. The van der Waals surface area contributed by atoms with Crippen molar-refractivity contribution in [3.63, 3.8) is 0 Å². The zero-order valence-electron chi connectivity index (χ0n) is 14.2. The van der Waals surface area contributed by atoms with Crippen LogP contribution in [-0.2, 0) is 0 Å². The van der Waals surface area contributed by atoms with Gasteiger partial charge in [0.15, 0.2) is 0 Å². The number of nitrogens with two attached hydrogens (primary N) is 1. The van der Waals surface area contributed by atoms with Crippen LogP contribution < -0.4 is 5.73 Å². The highest BCUT2D eigenvalue weighted by atomic mass is 35.5. The Morgan fingerprint density at radius 2 is 1.81 bits per heavy atom. The van der Waals surface area contributed by atoms with Crippen LogP contribution in [0.1, 0.15) is 24.0 Å². The predicted molar refractivity (Wildman–Crippen MR) is 110 cm³/mol. The Balaban J connectivity index is 1.89. The molecule has 0 saturated heterocycles. The summed E-state index contributed by atoms with van der Waals surface area (Å²) in [5, 5.41) is 1.60. The molecule has 1 aliphatic carbocycles. The second kappa shape index (κ2) is 7.14. The first-order valence-electron chi connectivity index (χ1n) is 8.56. The first kappa shape index (κ1) is 16.6. The molecule has 1 aromatic heterocycles. The van der Waals surface area contributed by atoms with Gasteiger partial charge in [0, 0.05) is 10.4 Å². The Kier molecular flexibility index (Phi) is 4.55. The van der Waals surface area contributed by atoms with Gasteiger partial charge < -0.3 is 5.73 Å². The van der Waals surface area contributed by atoms with Gasteiger partial charge in [0.05, 0.1) is 5.52 Å². The van der Waals surface area contributed by atoms with Gasteiger partial charge in [0.2, 0.25) is 0 Å². The Morgan fingerprint density at radius 3 is 2.69 bits per heavy atom. The van der Waals surface area contributed by atoms with Gasteiger partial charge in [0.25, 0.3) is 0 Å². The lowest BCUT2D eigenvalue weighted by atomic mass is 9.89. The normalized spacial score (nSPS) is 14.5. The Bertz CT molecular complexity index is 1060. The summed E-state index contributed by atoms with van der Waals surface area (Å²) in [7, 11) is 0. The molecule has 0 fully saturated rings. The van der Waals surface area contributed by atoms with E-state index in [4.69, 9.17) is 17.3 Å². The Morgan fingerprint density at radius 1 is 0.923 bits per heavy atom. The number of hydrogen-bond donors (Lipinski definition) is 1. The third kappa shape index (κ3) is 3.26. The zero-order valence-corrected chi connectivity index (χ0v) is 14.9. The van der Waals surface area contributed by atoms with E-state index in [-0.39, 0.29) is 0 Å². The average Bonchev–Trinajstić information content (AvgIpc) is 2.62. The van der Waals surface area contributed by atoms with Gasteiger partial charge in [-0.15, -0.1) is 0 Å². The lowest BCUT2D eigenvalue weighted by Gasteiger charge is -2.16. The molecule has 4 heteroatoms. The van der Waals surface area contributed by atoms with Gasteiger partial charge in [-0.05, 0) is 59.4 Å². The number of rotatable bonds is 2. The van der Waals surface area contributed by atoms with E-state index in [2.05, 4.69) is 52.5 Å². The summed E-state index contributed by atoms with van der Waals surface area (Å²) in [4.78, 5) is 8.41. The van der Waals surface area contributed by atoms with Gasteiger partial charge in [-0.25, -0.2) is 9.97 Å². The summed E-state index contributed by atoms with van der Waals surface area (Å²) in [6, 6.07) is 14.1. The minimum Gasteiger partial charge on any atom is -0.383 e. The third-order valence-corrected chi connectivity index (χ3v) is 4.72. The van der Waals surface area contributed by atoms with Crippen LogP contribution in [0.5, 0.6) is 0 Å². The highest BCUT2D eigenvalue weighted by molar-refractivity contribution is 6.30. The molecule has 0 atom stereocenters. The van der Waals surface area contributed by atoms with Crippen molar-refractivity contribution in [2.75, 3.05) is 5.73 Å². The molecule has 26 heavy (non-hydrogen) atoms. The molecule has 0 radical (unpaired) electrons. The summed E-state index contributed by atoms with van der Waals surface area (Å²) in [6.45, 7) is 0. The largest absolute Gasteiger partial charge is 0.383 e. The minimum absolute atomic E-state index is 0.493. The van der Waals surface area contributed by atoms with Crippen LogP contribution in [0, 0.1) is 0 Å². The number of anilines is 1. The third-order valence-electron chi connectivity index (χ3n) is 4.48. The highest BCUT2D eigenvalue weighted by Gasteiger charge is 2.13. The molecule has 2 aromatic carbocycles. The smallest absolute Gasteiger partial charge is 0.134 e. The lowest BCUT2D eigenvalue weighted by molar-refractivity contribution is 1.05. The Hall–Kier alpha value is -2.91. The van der Waals surface area contributed by atoms with Crippen LogP contribution in [0.4, 0.5) is 5.82 Å². The fraction of sp³-hybridized carbons (Fsp3) is 0.0909. The average molecular weight is 360 g/mol. The van der Waals surface area contributed by atoms with Crippen LogP contribution in [0.25, 0.3) is 22.0 Å². The fourth-order valence-corrected chi connectivity index (χ4v) is 3.40. The minimum atomic E-state index is 0.493. The zero-order chi connectivity index (χ0) is 17.9. The molecule has 0 aliphatic heterocycles. The van der Waals surface area contributed by atoms with Crippen LogP contribution in [0.2, 0.25) is 5.02 Å². The SMILES string of the molecule is Nc1ncnc2ccc(C3=CC=CCCC=C3c3cccc(Cl)c3)cc12. The lowest BCUT2D eigenvalue weighted by Crippen LogP contribution is -1.96. The first-order valence-corrected chi connectivity index (χ1v) is 8.94. The molecule has 128 valence electrons. The molecule has 1 aliphatic rings. The summed E-state index contributed by atoms with van der Waals surface area (Å²) >= 11 is 6.24. The summed E-state index contributed by atoms with van der Waals surface area (Å²) in [5.74, 6) is 0.493. The summed E-state index contributed by atoms with van der Waals surface area (Å²) in [6.07, 6.45) is 12.2. The van der Waals surface area contributed by atoms with Crippen molar-refractivity contribution in [3.8, 4) is 0 Å². The number of benzene rings is 2. The van der Waals surface area contributed by atoms with E-state index in [1.165, 1.54) is 11.9 Å². The molecule has 3 nitrogen and oxygen atoms in total. The molecule has 0 spiro atoms. The molecule has 1 heterocycles. The number of nitrogens with zero attached hydrogens (tertiary/aromatic N) is 2. The van der Waals surface area contributed by atoms with Crippen molar-refractivity contribution >= 4 is 39.5 Å². The molecule has 0 bridgehead atoms. The van der Waals surface area contributed by atoms with Crippen LogP contribution in [-0.4, -0.2) is 9.97 Å². The standard InChI is InChI=1S/C22H18ClN3/c23-17-7-5-6-15(12-17)18-8-3-1-2-4-9-19(18)16-10-11-21-20(13-16)22(24)26-14-25-21/h2,4-14H,1,3H2,(H2,24,25,26). The molecule has 4 rings (SSSR count). The first-order chi connectivity index (χ1) is 12.7. The summed E-state index contributed by atoms with van der Waals surface area (Å²) in [5.41, 5.74) is 11.4. The number of hydrogen-bond acceptors (Lipinski definition) is 3. The van der Waals surface area contributed by atoms with Gasteiger partial charge in [-0.1, -0.05) is 54.1 Å². The number of fused-ring (bicyclic) bond motifs is 1. The number of nitrogen functional groups attached to an aromatic ring is 1. The number of aromatic nitrogens is 2. The van der Waals surface area contributed by atoms with Crippen molar-refractivity contribution in [2.45, 2.75) is 12.8 Å². The highest BCUT2D eigenvalue weighted by Crippen LogP contribution is 2.35. The molecule has 2 N–H and O–H groups in total. The molecule has 3 aromatic rings. The maximum atomic E-state index is 6.24. The number of allylic oxidation sites excluding steroid dienone is 6. The van der Waals surface area contributed by atoms with Crippen LogP contribution in [0.15, 0.2) is 73.1 Å². The Labute approximate surface area is 157 Å². The van der Waals surface area contributed by atoms with Gasteiger partial charge in [-0.3, -0.25) is 0 Å². The maximum absolute atomic E-state index is 6.24. The molecule has 0 unspecified atom stereocenters. The van der Waals surface area contributed by atoms with E-state index < -0.39 is 0 Å². The summed E-state index contributed by atoms with van der Waals surface area (Å²) < 4.78 is 0. The second-order valence-electron chi connectivity index (χ2n) is 6.20. The van der Waals surface area contributed by atoms with Crippen molar-refractivity contribution in [2.24, 2.45) is 0 Å². The van der Waals surface area contributed by atoms with Gasteiger partial charge in [-0.2, -0.15) is 0 Å².